The summed E-state index contributed by atoms with van der Waals surface area (Å²) in [5.41, 5.74) is 3.88. The molecule has 0 aliphatic carbocycles. The number of nitrogens with zero attached hydrogens (tertiary/aromatic N) is 4. The van der Waals surface area contributed by atoms with Crippen LogP contribution in [0.3, 0.4) is 0 Å². The molecule has 0 atom stereocenters. The predicted molar refractivity (Wildman–Crippen MR) is 113 cm³/mol. The van der Waals surface area contributed by atoms with Crippen molar-refractivity contribution in [2.45, 2.75) is 12.7 Å². The molecule has 0 bridgehead atoms. The third-order valence-corrected chi connectivity index (χ3v) is 4.42. The standard InChI is InChI=1S/C20H15F3N8O4/c21-20(22,23)12-5-10(1-2-13(12)24)28-19(33)15-6-11(30-35-15)8-25-18(32)14-7-17(27-9-26-14)29-16-3-4-34-31-16/h1-7,9H,8,24H2,(H,25,32)(H,28,33)(H,26,27,29,31). The van der Waals surface area contributed by atoms with Gasteiger partial charge < -0.3 is 30.7 Å². The van der Waals surface area contributed by atoms with Crippen molar-refractivity contribution in [1.82, 2.24) is 25.6 Å². The van der Waals surface area contributed by atoms with Gasteiger partial charge in [-0.1, -0.05) is 10.3 Å². The number of hydrogen-bond donors (Lipinski definition) is 4. The topological polar surface area (TPSA) is 174 Å². The molecule has 0 saturated carbocycles. The van der Waals surface area contributed by atoms with Crippen molar-refractivity contribution in [1.29, 1.82) is 0 Å². The number of amides is 2. The quantitative estimate of drug-likeness (QED) is 0.283. The molecule has 1 aromatic carbocycles. The summed E-state index contributed by atoms with van der Waals surface area (Å²) in [4.78, 5) is 32.6. The van der Waals surface area contributed by atoms with Crippen molar-refractivity contribution in [3.63, 3.8) is 0 Å². The largest absolute Gasteiger partial charge is 0.418 e. The van der Waals surface area contributed by atoms with Crippen LogP contribution in [0.4, 0.5) is 36.2 Å². The fraction of sp³-hybridized carbons (Fsp3) is 0.100. The van der Waals surface area contributed by atoms with E-state index < -0.39 is 29.2 Å². The molecule has 0 radical (unpaired) electrons. The van der Waals surface area contributed by atoms with Crippen molar-refractivity contribution < 1.29 is 31.8 Å². The number of nitrogens with one attached hydrogen (secondary N) is 3. The molecule has 3 aromatic heterocycles. The average molecular weight is 488 g/mol. The Morgan fingerprint density at radius 3 is 2.57 bits per heavy atom. The first-order valence-electron chi connectivity index (χ1n) is 9.70. The van der Waals surface area contributed by atoms with E-state index in [0.717, 1.165) is 6.07 Å². The molecule has 2 amide bonds. The Morgan fingerprint density at radius 1 is 1.00 bits per heavy atom. The van der Waals surface area contributed by atoms with Crippen LogP contribution in [0.15, 0.2) is 58.0 Å². The number of nitrogen functional groups attached to an aromatic ring is 1. The maximum atomic E-state index is 13.0. The van der Waals surface area contributed by atoms with Gasteiger partial charge in [0.15, 0.2) is 5.82 Å². The summed E-state index contributed by atoms with van der Waals surface area (Å²) in [6.45, 7) is -0.119. The highest BCUT2D eigenvalue weighted by atomic mass is 19.4. The van der Waals surface area contributed by atoms with Crippen molar-refractivity contribution >= 4 is 34.8 Å². The Morgan fingerprint density at radius 2 is 1.83 bits per heavy atom. The van der Waals surface area contributed by atoms with Crippen LogP contribution in [0.1, 0.15) is 32.3 Å². The van der Waals surface area contributed by atoms with Crippen molar-refractivity contribution in [3.05, 3.63) is 71.7 Å². The number of aromatic nitrogens is 4. The molecule has 0 aliphatic heterocycles. The second-order valence-corrected chi connectivity index (χ2v) is 6.92. The number of hydrogen-bond acceptors (Lipinski definition) is 10. The Balaban J connectivity index is 1.35. The first kappa shape index (κ1) is 23.2. The van der Waals surface area contributed by atoms with Gasteiger partial charge in [0.05, 0.1) is 12.1 Å². The Labute approximate surface area is 193 Å². The molecule has 0 aliphatic rings. The highest BCUT2D eigenvalue weighted by Crippen LogP contribution is 2.35. The molecular formula is C20H15F3N8O4. The summed E-state index contributed by atoms with van der Waals surface area (Å²) in [5, 5.41) is 15.0. The number of nitrogens with two attached hydrogens (primary N) is 1. The zero-order valence-electron chi connectivity index (χ0n) is 17.5. The van der Waals surface area contributed by atoms with Crippen LogP contribution in [0, 0.1) is 0 Å². The van der Waals surface area contributed by atoms with Crippen LogP contribution in [0.25, 0.3) is 0 Å². The van der Waals surface area contributed by atoms with E-state index in [1.807, 2.05) is 0 Å². The minimum atomic E-state index is -4.68. The summed E-state index contributed by atoms with van der Waals surface area (Å²) < 4.78 is 48.6. The fourth-order valence-electron chi connectivity index (χ4n) is 2.79. The van der Waals surface area contributed by atoms with E-state index in [1.54, 1.807) is 6.07 Å². The van der Waals surface area contributed by atoms with E-state index in [-0.39, 0.29) is 29.4 Å². The van der Waals surface area contributed by atoms with Crippen LogP contribution < -0.4 is 21.7 Å². The van der Waals surface area contributed by atoms with Gasteiger partial charge >= 0.3 is 6.18 Å². The maximum absolute atomic E-state index is 13.0. The number of alkyl halides is 3. The third-order valence-electron chi connectivity index (χ3n) is 4.42. The summed E-state index contributed by atoms with van der Waals surface area (Å²) in [6, 6.07) is 7.12. The van der Waals surface area contributed by atoms with Gasteiger partial charge in [-0.25, -0.2) is 9.97 Å². The van der Waals surface area contributed by atoms with Crippen molar-refractivity contribution in [3.8, 4) is 0 Å². The number of benzene rings is 1. The molecule has 5 N–H and O–H groups in total. The van der Waals surface area contributed by atoms with Crippen LogP contribution in [-0.2, 0) is 12.7 Å². The normalized spacial score (nSPS) is 11.2. The average Bonchev–Trinajstić information content (AvgIpc) is 3.50. The molecule has 180 valence electrons. The molecule has 0 fully saturated rings. The molecule has 0 unspecified atom stereocenters. The molecular weight excluding hydrogens is 473 g/mol. The van der Waals surface area contributed by atoms with Gasteiger partial charge in [-0.15, -0.1) is 0 Å². The second kappa shape index (κ2) is 9.50. The van der Waals surface area contributed by atoms with Crippen molar-refractivity contribution in [2.24, 2.45) is 0 Å². The van der Waals surface area contributed by atoms with Gasteiger partial charge in [-0.2, -0.15) is 13.2 Å². The summed E-state index contributed by atoms with van der Waals surface area (Å²) in [7, 11) is 0. The predicted octanol–water partition coefficient (Wildman–Crippen LogP) is 2.98. The van der Waals surface area contributed by atoms with E-state index in [0.29, 0.717) is 17.7 Å². The van der Waals surface area contributed by atoms with Gasteiger partial charge in [0.25, 0.3) is 11.8 Å². The summed E-state index contributed by atoms with van der Waals surface area (Å²) in [5.74, 6) is -0.993. The van der Waals surface area contributed by atoms with Gasteiger partial charge in [0.2, 0.25) is 5.76 Å². The first-order chi connectivity index (χ1) is 16.7. The monoisotopic (exact) mass is 488 g/mol. The molecule has 3 heterocycles. The zero-order valence-corrected chi connectivity index (χ0v) is 17.5. The van der Waals surface area contributed by atoms with E-state index in [9.17, 15) is 22.8 Å². The summed E-state index contributed by atoms with van der Waals surface area (Å²) in [6.07, 6.45) is -2.14. The number of rotatable bonds is 7. The fourth-order valence-corrected chi connectivity index (χ4v) is 2.79. The van der Waals surface area contributed by atoms with Crippen LogP contribution >= 0.6 is 0 Å². The first-order valence-corrected chi connectivity index (χ1v) is 9.70. The summed E-state index contributed by atoms with van der Waals surface area (Å²) >= 11 is 0. The molecule has 35 heavy (non-hydrogen) atoms. The molecule has 12 nitrogen and oxygen atoms in total. The lowest BCUT2D eigenvalue weighted by Crippen LogP contribution is -2.24. The minimum Gasteiger partial charge on any atom is -0.398 e. The Kier molecular flexibility index (Phi) is 6.30. The lowest BCUT2D eigenvalue weighted by atomic mass is 10.1. The third kappa shape index (κ3) is 5.70. The maximum Gasteiger partial charge on any atom is 0.418 e. The molecule has 15 heteroatoms. The molecule has 0 saturated heterocycles. The second-order valence-electron chi connectivity index (χ2n) is 6.92. The smallest absolute Gasteiger partial charge is 0.398 e. The number of carbonyl (C=O) groups is 2. The number of halogens is 3. The van der Waals surface area contributed by atoms with Gasteiger partial charge in [0, 0.05) is 29.6 Å². The number of carbonyl (C=O) groups excluding carboxylic acids is 2. The van der Waals surface area contributed by atoms with Crippen LogP contribution in [-0.4, -0.2) is 32.1 Å². The van der Waals surface area contributed by atoms with Gasteiger partial charge in [-0.3, -0.25) is 9.59 Å². The SMILES string of the molecule is Nc1ccc(NC(=O)c2cc(CNC(=O)c3cc(Nc4ccon4)ncn3)no2)cc1C(F)(F)F. The number of anilines is 4. The molecule has 0 spiro atoms. The van der Waals surface area contributed by atoms with E-state index >= 15 is 0 Å². The highest BCUT2D eigenvalue weighted by molar-refractivity contribution is 6.02. The van der Waals surface area contributed by atoms with Crippen LogP contribution in [0.2, 0.25) is 0 Å². The van der Waals surface area contributed by atoms with Crippen LogP contribution in [0.5, 0.6) is 0 Å². The van der Waals surface area contributed by atoms with Gasteiger partial charge in [-0.05, 0) is 18.2 Å². The van der Waals surface area contributed by atoms with E-state index in [4.69, 9.17) is 14.8 Å². The zero-order chi connectivity index (χ0) is 25.0. The molecule has 4 aromatic rings. The minimum absolute atomic E-state index is 0.0382. The lowest BCUT2D eigenvalue weighted by molar-refractivity contribution is -0.136. The Bertz CT molecular complexity index is 1350. The van der Waals surface area contributed by atoms with Crippen molar-refractivity contribution in [2.75, 3.05) is 16.4 Å². The highest BCUT2D eigenvalue weighted by Gasteiger charge is 2.33. The lowest BCUT2D eigenvalue weighted by Gasteiger charge is -2.11. The van der Waals surface area contributed by atoms with E-state index in [1.165, 1.54) is 30.8 Å². The van der Waals surface area contributed by atoms with Gasteiger partial charge in [0.1, 0.15) is 29.8 Å². The Hall–Kier alpha value is -4.95. The molecule has 4 rings (SSSR count). The van der Waals surface area contributed by atoms with E-state index in [2.05, 4.69) is 36.2 Å².